The molecule has 0 spiro atoms. The Morgan fingerprint density at radius 3 is 2.66 bits per heavy atom. The number of benzene rings is 2. The van der Waals surface area contributed by atoms with E-state index in [0.29, 0.717) is 23.0 Å². The number of ether oxygens (including phenoxy) is 2. The van der Waals surface area contributed by atoms with Crippen molar-refractivity contribution in [3.05, 3.63) is 69.8 Å². The number of methoxy groups -OCH3 is 1. The maximum Gasteiger partial charge on any atom is 0.338 e. The lowest BCUT2D eigenvalue weighted by atomic mass is 10.1. The maximum atomic E-state index is 12.9. The van der Waals surface area contributed by atoms with E-state index in [1.54, 1.807) is 29.9 Å². The largest absolute Gasteiger partial charge is 0.497 e. The van der Waals surface area contributed by atoms with E-state index in [4.69, 9.17) is 14.5 Å². The summed E-state index contributed by atoms with van der Waals surface area (Å²) in [5.74, 6) is 1.13. The summed E-state index contributed by atoms with van der Waals surface area (Å²) in [6.07, 6.45) is 5.11. The number of carbonyl (C=O) groups excluding carboxylic acids is 1. The van der Waals surface area contributed by atoms with Crippen LogP contribution in [0.1, 0.15) is 47.4 Å². The third-order valence-corrected chi connectivity index (χ3v) is 5.33. The van der Waals surface area contributed by atoms with Crippen LogP contribution < -0.4 is 10.3 Å². The van der Waals surface area contributed by atoms with Crippen LogP contribution in [-0.4, -0.2) is 22.6 Å². The van der Waals surface area contributed by atoms with Crippen molar-refractivity contribution in [2.24, 2.45) is 0 Å². The Hall–Kier alpha value is -3.15. The zero-order valence-electron chi connectivity index (χ0n) is 16.5. The molecule has 0 fully saturated rings. The minimum absolute atomic E-state index is 0.0231. The molecule has 0 saturated carbocycles. The van der Waals surface area contributed by atoms with E-state index in [-0.39, 0.29) is 12.2 Å². The van der Waals surface area contributed by atoms with Gasteiger partial charge in [-0.3, -0.25) is 9.36 Å². The molecule has 2 heterocycles. The van der Waals surface area contributed by atoms with E-state index >= 15 is 0 Å². The Morgan fingerprint density at radius 1 is 1.07 bits per heavy atom. The summed E-state index contributed by atoms with van der Waals surface area (Å²) in [5, 5.41) is 0.543. The molecule has 6 nitrogen and oxygen atoms in total. The molecule has 1 aromatic heterocycles. The molecule has 6 heteroatoms. The number of fused-ring (bicyclic) bond motifs is 2. The molecule has 2 aromatic carbocycles. The normalized spacial score (nSPS) is 14.0. The molecule has 150 valence electrons. The topological polar surface area (TPSA) is 70.4 Å². The van der Waals surface area contributed by atoms with Gasteiger partial charge in [-0.15, -0.1) is 0 Å². The lowest BCUT2D eigenvalue weighted by molar-refractivity contribution is 0.0473. The molecule has 0 saturated heterocycles. The van der Waals surface area contributed by atoms with E-state index in [2.05, 4.69) is 0 Å². The summed E-state index contributed by atoms with van der Waals surface area (Å²) >= 11 is 0. The van der Waals surface area contributed by atoms with Gasteiger partial charge in [0.2, 0.25) is 0 Å². The molecule has 0 amide bonds. The number of esters is 1. The second kappa shape index (κ2) is 8.47. The highest BCUT2D eigenvalue weighted by atomic mass is 16.5. The van der Waals surface area contributed by atoms with Gasteiger partial charge in [0.15, 0.2) is 0 Å². The monoisotopic (exact) mass is 392 g/mol. The standard InChI is InChI=1S/C23H24N2O4/c1-28-18-10-7-16(8-11-18)15-29-23(27)17-9-12-19-20(14-17)24-21-6-4-2-3-5-13-25(21)22(19)26/h7-12,14H,2-6,13,15H2,1H3. The summed E-state index contributed by atoms with van der Waals surface area (Å²) in [6.45, 7) is 0.879. The quantitative estimate of drug-likeness (QED) is 0.630. The number of nitrogens with zero attached hydrogens (tertiary/aromatic N) is 2. The van der Waals surface area contributed by atoms with Crippen molar-refractivity contribution in [1.82, 2.24) is 9.55 Å². The third kappa shape index (κ3) is 4.16. The van der Waals surface area contributed by atoms with Gasteiger partial charge in [0.25, 0.3) is 5.56 Å². The Kier molecular flexibility index (Phi) is 5.60. The van der Waals surface area contributed by atoms with Crippen molar-refractivity contribution >= 4 is 16.9 Å². The average molecular weight is 392 g/mol. The van der Waals surface area contributed by atoms with Crippen molar-refractivity contribution < 1.29 is 14.3 Å². The smallest absolute Gasteiger partial charge is 0.338 e. The van der Waals surface area contributed by atoms with Crippen molar-refractivity contribution in [1.29, 1.82) is 0 Å². The van der Waals surface area contributed by atoms with Gasteiger partial charge in [0, 0.05) is 13.0 Å². The Balaban J connectivity index is 1.56. The van der Waals surface area contributed by atoms with Crippen LogP contribution in [0.4, 0.5) is 0 Å². The molecule has 0 radical (unpaired) electrons. The predicted octanol–water partition coefficient (Wildman–Crippen LogP) is 3.88. The third-order valence-electron chi connectivity index (χ3n) is 5.33. The summed E-state index contributed by atoms with van der Waals surface area (Å²) in [7, 11) is 1.61. The Morgan fingerprint density at radius 2 is 1.86 bits per heavy atom. The molecule has 4 rings (SSSR count). The van der Waals surface area contributed by atoms with Crippen molar-refractivity contribution in [3.8, 4) is 5.75 Å². The zero-order valence-corrected chi connectivity index (χ0v) is 16.5. The van der Waals surface area contributed by atoms with Crippen molar-refractivity contribution in [2.75, 3.05) is 7.11 Å². The Bertz CT molecular complexity index is 1090. The average Bonchev–Trinajstić information content (AvgIpc) is 2.73. The maximum absolute atomic E-state index is 12.9. The highest BCUT2D eigenvalue weighted by Crippen LogP contribution is 2.18. The Labute approximate surface area is 169 Å². The molecule has 0 bridgehead atoms. The molecular weight excluding hydrogens is 368 g/mol. The molecule has 1 aliphatic rings. The molecular formula is C23H24N2O4. The van der Waals surface area contributed by atoms with Crippen LogP contribution in [0.3, 0.4) is 0 Å². The van der Waals surface area contributed by atoms with Gasteiger partial charge < -0.3 is 9.47 Å². The SMILES string of the molecule is COc1ccc(COC(=O)c2ccc3c(=O)n4c(nc3c2)CCCCCC4)cc1. The van der Waals surface area contributed by atoms with Gasteiger partial charge in [0.05, 0.1) is 23.6 Å². The van der Waals surface area contributed by atoms with Gasteiger partial charge in [-0.2, -0.15) is 0 Å². The molecule has 0 atom stereocenters. The number of aromatic nitrogens is 2. The fourth-order valence-corrected chi connectivity index (χ4v) is 3.68. The first kappa shape index (κ1) is 19.2. The van der Waals surface area contributed by atoms with Crippen molar-refractivity contribution in [3.63, 3.8) is 0 Å². The fraction of sp³-hybridized carbons (Fsp3) is 0.348. The fourth-order valence-electron chi connectivity index (χ4n) is 3.68. The first-order chi connectivity index (χ1) is 14.2. The first-order valence-corrected chi connectivity index (χ1v) is 9.99. The number of aryl methyl sites for hydroxylation is 1. The lowest BCUT2D eigenvalue weighted by Crippen LogP contribution is -2.26. The van der Waals surface area contributed by atoms with Gasteiger partial charge in [-0.1, -0.05) is 25.0 Å². The van der Waals surface area contributed by atoms with Gasteiger partial charge in [-0.25, -0.2) is 9.78 Å². The van der Waals surface area contributed by atoms with E-state index in [0.717, 1.165) is 49.2 Å². The molecule has 29 heavy (non-hydrogen) atoms. The predicted molar refractivity (Wildman–Crippen MR) is 110 cm³/mol. The summed E-state index contributed by atoms with van der Waals surface area (Å²) < 4.78 is 12.3. The highest BCUT2D eigenvalue weighted by Gasteiger charge is 2.15. The van der Waals surface area contributed by atoms with Crippen LogP contribution in [0.5, 0.6) is 5.75 Å². The van der Waals surface area contributed by atoms with E-state index in [9.17, 15) is 9.59 Å². The van der Waals surface area contributed by atoms with Crippen LogP contribution >= 0.6 is 0 Å². The van der Waals surface area contributed by atoms with Crippen LogP contribution in [0.25, 0.3) is 10.9 Å². The first-order valence-electron chi connectivity index (χ1n) is 9.99. The van der Waals surface area contributed by atoms with Gasteiger partial charge >= 0.3 is 5.97 Å². The van der Waals surface area contributed by atoms with Gasteiger partial charge in [-0.05, 0) is 48.7 Å². The second-order valence-electron chi connectivity index (χ2n) is 7.31. The minimum Gasteiger partial charge on any atom is -0.497 e. The zero-order chi connectivity index (χ0) is 20.2. The molecule has 0 aliphatic carbocycles. The number of carbonyl (C=O) groups is 1. The molecule has 3 aromatic rings. The molecule has 1 aliphatic heterocycles. The summed E-state index contributed by atoms with van der Waals surface area (Å²) in [4.78, 5) is 30.1. The van der Waals surface area contributed by atoms with E-state index < -0.39 is 5.97 Å². The number of hydrogen-bond donors (Lipinski definition) is 0. The molecule has 0 N–H and O–H groups in total. The van der Waals surface area contributed by atoms with Crippen LogP contribution in [0.15, 0.2) is 47.3 Å². The van der Waals surface area contributed by atoms with Crippen molar-refractivity contribution in [2.45, 2.75) is 45.3 Å². The summed E-state index contributed by atoms with van der Waals surface area (Å²) in [5.41, 5.74) is 1.80. The van der Waals surface area contributed by atoms with E-state index in [1.165, 1.54) is 0 Å². The second-order valence-corrected chi connectivity index (χ2v) is 7.31. The number of rotatable bonds is 4. The van der Waals surface area contributed by atoms with Crippen LogP contribution in [0.2, 0.25) is 0 Å². The number of hydrogen-bond acceptors (Lipinski definition) is 5. The van der Waals surface area contributed by atoms with E-state index in [1.807, 2.05) is 24.3 Å². The minimum atomic E-state index is -0.434. The highest BCUT2D eigenvalue weighted by molar-refractivity contribution is 5.94. The molecule has 0 unspecified atom stereocenters. The summed E-state index contributed by atoms with van der Waals surface area (Å²) in [6, 6.07) is 12.3. The lowest BCUT2D eigenvalue weighted by Gasteiger charge is -2.16. The van der Waals surface area contributed by atoms with Crippen LogP contribution in [0, 0.1) is 0 Å². The van der Waals surface area contributed by atoms with Gasteiger partial charge in [0.1, 0.15) is 18.2 Å². The van der Waals surface area contributed by atoms with Crippen LogP contribution in [-0.2, 0) is 24.3 Å².